The molecular formula is C25H28FN3O3. The molecule has 1 aliphatic heterocycles. The first-order chi connectivity index (χ1) is 15.5. The van der Waals surface area contributed by atoms with Crippen LogP contribution < -0.4 is 10.8 Å². The van der Waals surface area contributed by atoms with Crippen molar-refractivity contribution in [3.8, 4) is 0 Å². The SMILES string of the molecule is O=C(NO)c1ccc(/C=C/C(=O)N2CCC(CN[C@H]3C[C@@H]3c3ccc(F)cc3)CC2)cc1. The van der Waals surface area contributed by atoms with Gasteiger partial charge in [-0.1, -0.05) is 24.3 Å². The molecule has 168 valence electrons. The van der Waals surface area contributed by atoms with Gasteiger partial charge in [0.15, 0.2) is 0 Å². The number of hydrogen-bond donors (Lipinski definition) is 3. The van der Waals surface area contributed by atoms with Crippen LogP contribution in [0.1, 0.15) is 46.7 Å². The molecule has 1 saturated heterocycles. The Kier molecular flexibility index (Phi) is 6.97. The van der Waals surface area contributed by atoms with Crippen molar-refractivity contribution in [2.24, 2.45) is 5.92 Å². The van der Waals surface area contributed by atoms with Crippen molar-refractivity contribution in [3.63, 3.8) is 0 Å². The highest BCUT2D eigenvalue weighted by atomic mass is 19.1. The fourth-order valence-electron chi connectivity index (χ4n) is 4.26. The van der Waals surface area contributed by atoms with Crippen LogP contribution in [0.15, 0.2) is 54.6 Å². The lowest BCUT2D eigenvalue weighted by atomic mass is 9.96. The molecule has 0 unspecified atom stereocenters. The smallest absolute Gasteiger partial charge is 0.274 e. The predicted octanol–water partition coefficient (Wildman–Crippen LogP) is 3.34. The Bertz CT molecular complexity index is 967. The van der Waals surface area contributed by atoms with E-state index >= 15 is 0 Å². The van der Waals surface area contributed by atoms with Gasteiger partial charge in [-0.2, -0.15) is 0 Å². The van der Waals surface area contributed by atoms with Gasteiger partial charge in [0, 0.05) is 36.7 Å². The van der Waals surface area contributed by atoms with Gasteiger partial charge in [0.05, 0.1) is 0 Å². The maximum absolute atomic E-state index is 13.1. The molecule has 2 aromatic carbocycles. The third-order valence-electron chi connectivity index (χ3n) is 6.38. The van der Waals surface area contributed by atoms with Crippen LogP contribution in [0.25, 0.3) is 6.08 Å². The summed E-state index contributed by atoms with van der Waals surface area (Å²) in [6.07, 6.45) is 6.35. The van der Waals surface area contributed by atoms with Crippen molar-refractivity contribution in [2.75, 3.05) is 19.6 Å². The summed E-state index contributed by atoms with van der Waals surface area (Å²) in [7, 11) is 0. The summed E-state index contributed by atoms with van der Waals surface area (Å²) in [5, 5.41) is 12.3. The molecule has 0 spiro atoms. The number of hydrogen-bond acceptors (Lipinski definition) is 4. The van der Waals surface area contributed by atoms with E-state index in [2.05, 4.69) is 5.32 Å². The first-order valence-electron chi connectivity index (χ1n) is 11.0. The molecule has 4 rings (SSSR count). The monoisotopic (exact) mass is 437 g/mol. The van der Waals surface area contributed by atoms with E-state index in [1.54, 1.807) is 41.9 Å². The largest absolute Gasteiger partial charge is 0.339 e. The van der Waals surface area contributed by atoms with Crippen LogP contribution in [0.4, 0.5) is 4.39 Å². The lowest BCUT2D eigenvalue weighted by Crippen LogP contribution is -2.40. The van der Waals surface area contributed by atoms with Crippen LogP contribution in [-0.2, 0) is 4.79 Å². The molecular weight excluding hydrogens is 409 g/mol. The number of benzene rings is 2. The number of nitrogens with one attached hydrogen (secondary N) is 2. The normalized spacial score (nSPS) is 21.0. The average Bonchev–Trinajstić information content (AvgIpc) is 3.61. The molecule has 1 saturated carbocycles. The van der Waals surface area contributed by atoms with E-state index in [9.17, 15) is 14.0 Å². The van der Waals surface area contributed by atoms with E-state index in [1.807, 2.05) is 17.0 Å². The van der Waals surface area contributed by atoms with Gasteiger partial charge in [-0.25, -0.2) is 9.87 Å². The predicted molar refractivity (Wildman–Crippen MR) is 120 cm³/mol. The molecule has 2 aromatic rings. The molecule has 6 nitrogen and oxygen atoms in total. The third kappa shape index (κ3) is 5.60. The number of piperidine rings is 1. The first-order valence-corrected chi connectivity index (χ1v) is 11.0. The van der Waals surface area contributed by atoms with Crippen LogP contribution in [0.5, 0.6) is 0 Å². The van der Waals surface area contributed by atoms with Gasteiger partial charge in [0.1, 0.15) is 5.82 Å². The maximum Gasteiger partial charge on any atom is 0.274 e. The summed E-state index contributed by atoms with van der Waals surface area (Å²) >= 11 is 0. The highest BCUT2D eigenvalue weighted by Crippen LogP contribution is 2.41. The molecule has 32 heavy (non-hydrogen) atoms. The molecule has 0 radical (unpaired) electrons. The Morgan fingerprint density at radius 3 is 2.41 bits per heavy atom. The molecule has 2 amide bonds. The van der Waals surface area contributed by atoms with Crippen molar-refractivity contribution in [1.82, 2.24) is 15.7 Å². The number of rotatable bonds is 7. The Morgan fingerprint density at radius 2 is 1.75 bits per heavy atom. The van der Waals surface area contributed by atoms with Gasteiger partial charge < -0.3 is 10.2 Å². The first kappa shape index (κ1) is 22.2. The summed E-state index contributed by atoms with van der Waals surface area (Å²) in [6.45, 7) is 2.45. The van der Waals surface area contributed by atoms with Gasteiger partial charge >= 0.3 is 0 Å². The van der Waals surface area contributed by atoms with Crippen molar-refractivity contribution in [2.45, 2.75) is 31.2 Å². The quantitative estimate of drug-likeness (QED) is 0.353. The van der Waals surface area contributed by atoms with Crippen LogP contribution in [0, 0.1) is 11.7 Å². The van der Waals surface area contributed by atoms with E-state index in [-0.39, 0.29) is 11.7 Å². The zero-order valence-electron chi connectivity index (χ0n) is 17.8. The fourth-order valence-corrected chi connectivity index (χ4v) is 4.26. The number of carbonyl (C=O) groups is 2. The van der Waals surface area contributed by atoms with Crippen LogP contribution >= 0.6 is 0 Å². The molecule has 7 heteroatoms. The molecule has 1 heterocycles. The molecule has 2 aliphatic rings. The topological polar surface area (TPSA) is 81.7 Å². The summed E-state index contributed by atoms with van der Waals surface area (Å²) < 4.78 is 13.1. The van der Waals surface area contributed by atoms with Gasteiger partial charge in [-0.15, -0.1) is 0 Å². The Labute approximate surface area is 187 Å². The second kappa shape index (κ2) is 10.1. The lowest BCUT2D eigenvalue weighted by molar-refractivity contribution is -0.127. The molecule has 2 atom stereocenters. The summed E-state index contributed by atoms with van der Waals surface area (Å²) in [4.78, 5) is 25.7. The fraction of sp³-hybridized carbons (Fsp3) is 0.360. The minimum Gasteiger partial charge on any atom is -0.339 e. The van der Waals surface area contributed by atoms with Gasteiger partial charge in [0.2, 0.25) is 5.91 Å². The van der Waals surface area contributed by atoms with Crippen LogP contribution in [-0.4, -0.2) is 47.6 Å². The van der Waals surface area contributed by atoms with Crippen LogP contribution in [0.2, 0.25) is 0 Å². The van der Waals surface area contributed by atoms with E-state index < -0.39 is 5.91 Å². The molecule has 3 N–H and O–H groups in total. The van der Waals surface area contributed by atoms with Gasteiger partial charge in [-0.3, -0.25) is 14.8 Å². The minimum atomic E-state index is -0.568. The molecule has 0 bridgehead atoms. The number of halogens is 1. The number of amides is 2. The van der Waals surface area contributed by atoms with E-state index in [0.717, 1.165) is 44.5 Å². The van der Waals surface area contributed by atoms with Crippen LogP contribution in [0.3, 0.4) is 0 Å². The van der Waals surface area contributed by atoms with Gasteiger partial charge in [0.25, 0.3) is 5.91 Å². The van der Waals surface area contributed by atoms with Crippen molar-refractivity contribution in [3.05, 3.63) is 77.1 Å². The maximum atomic E-state index is 13.1. The standard InChI is InChI=1S/C25H28FN3O3/c26-21-8-6-19(7-9-21)22-15-23(22)27-16-18-11-13-29(14-12-18)24(30)10-3-17-1-4-20(5-2-17)25(31)28-32/h1-10,18,22-23,27,32H,11-16H2,(H,28,31)/b10-3+/t22-,23+/m1/s1. The molecule has 1 aliphatic carbocycles. The zero-order chi connectivity index (χ0) is 22.5. The Hall–Kier alpha value is -3.03. The highest BCUT2D eigenvalue weighted by molar-refractivity contribution is 5.94. The van der Waals surface area contributed by atoms with Crippen molar-refractivity contribution in [1.29, 1.82) is 0 Å². The summed E-state index contributed by atoms with van der Waals surface area (Å²) in [5.74, 6) is 0.269. The van der Waals surface area contributed by atoms with Gasteiger partial charge in [-0.05, 0) is 73.2 Å². The number of nitrogens with zero attached hydrogens (tertiary/aromatic N) is 1. The number of hydroxylamine groups is 1. The highest BCUT2D eigenvalue weighted by Gasteiger charge is 2.38. The Morgan fingerprint density at radius 1 is 1.06 bits per heavy atom. The minimum absolute atomic E-state index is 0.00727. The number of carbonyl (C=O) groups excluding carboxylic acids is 2. The summed E-state index contributed by atoms with van der Waals surface area (Å²) in [5.41, 5.74) is 3.95. The summed E-state index contributed by atoms with van der Waals surface area (Å²) in [6, 6.07) is 13.9. The average molecular weight is 438 g/mol. The zero-order valence-corrected chi connectivity index (χ0v) is 17.8. The molecule has 2 fully saturated rings. The third-order valence-corrected chi connectivity index (χ3v) is 6.38. The second-order valence-corrected chi connectivity index (χ2v) is 8.57. The Balaban J connectivity index is 1.17. The van der Waals surface area contributed by atoms with E-state index in [0.29, 0.717) is 23.4 Å². The second-order valence-electron chi connectivity index (χ2n) is 8.57. The van der Waals surface area contributed by atoms with E-state index in [4.69, 9.17) is 5.21 Å². The molecule has 0 aromatic heterocycles. The van der Waals surface area contributed by atoms with E-state index in [1.165, 1.54) is 17.7 Å². The lowest BCUT2D eigenvalue weighted by Gasteiger charge is -2.31. The van der Waals surface area contributed by atoms with Crippen molar-refractivity contribution < 1.29 is 19.2 Å². The number of likely N-dealkylation sites (tertiary alicyclic amines) is 1. The van der Waals surface area contributed by atoms with Crippen molar-refractivity contribution >= 4 is 17.9 Å².